The minimum Gasteiger partial charge on any atom is -0.496 e. The summed E-state index contributed by atoms with van der Waals surface area (Å²) < 4.78 is 17.7. The van der Waals surface area contributed by atoms with E-state index >= 15 is 0 Å². The minimum atomic E-state index is -1.19. The van der Waals surface area contributed by atoms with Crippen LogP contribution in [-0.2, 0) is 17.6 Å². The third-order valence-electron chi connectivity index (χ3n) is 7.86. The smallest absolute Gasteiger partial charge is 0.345 e. The number of fused-ring (bicyclic) bond motifs is 1. The van der Waals surface area contributed by atoms with Crippen molar-refractivity contribution >= 4 is 39.1 Å². The zero-order valence-corrected chi connectivity index (χ0v) is 26.5. The number of carbonyl (C=O) groups is 1. The van der Waals surface area contributed by atoms with Crippen molar-refractivity contribution in [1.29, 1.82) is 0 Å². The van der Waals surface area contributed by atoms with E-state index in [1.54, 1.807) is 24.5 Å². The molecule has 1 atom stereocenters. The van der Waals surface area contributed by atoms with E-state index in [0.717, 1.165) is 71.1 Å². The third-order valence-corrected chi connectivity index (χ3v) is 9.57. The number of nitrogens with zero attached hydrogens (tertiary/aromatic N) is 4. The third kappa shape index (κ3) is 6.88. The maximum Gasteiger partial charge on any atom is 0.345 e. The van der Waals surface area contributed by atoms with Gasteiger partial charge in [0.15, 0.2) is 0 Å². The molecule has 43 heavy (non-hydrogen) atoms. The molecule has 11 heteroatoms. The van der Waals surface area contributed by atoms with Crippen LogP contribution in [-0.4, -0.2) is 90.4 Å². The normalized spacial score (nSPS) is 15.0. The average Bonchev–Trinajstić information content (AvgIpc) is 3.39. The summed E-state index contributed by atoms with van der Waals surface area (Å²) in [6.45, 7) is 9.64. The molecule has 228 valence electrons. The number of carboxylic acids is 1. The van der Waals surface area contributed by atoms with Gasteiger partial charge in [0, 0.05) is 49.6 Å². The first-order valence-electron chi connectivity index (χ1n) is 14.4. The van der Waals surface area contributed by atoms with Crippen molar-refractivity contribution in [2.75, 3.05) is 53.5 Å². The number of methoxy groups -OCH3 is 1. The van der Waals surface area contributed by atoms with Crippen molar-refractivity contribution < 1.29 is 24.1 Å². The molecule has 5 rings (SSSR count). The number of benzene rings is 2. The van der Waals surface area contributed by atoms with E-state index < -0.39 is 12.1 Å². The lowest BCUT2D eigenvalue weighted by Crippen LogP contribution is -2.45. The van der Waals surface area contributed by atoms with Gasteiger partial charge in [-0.15, -0.1) is 11.3 Å². The fraction of sp³-hybridized carbons (Fsp3) is 0.406. The Bertz CT molecular complexity index is 1590. The van der Waals surface area contributed by atoms with Crippen molar-refractivity contribution in [2.24, 2.45) is 0 Å². The Morgan fingerprint density at radius 3 is 2.60 bits per heavy atom. The molecule has 1 fully saturated rings. The molecule has 2 aromatic carbocycles. The molecule has 0 aliphatic carbocycles. The maximum atomic E-state index is 12.4. The first-order valence-corrected chi connectivity index (χ1v) is 15.6. The van der Waals surface area contributed by atoms with Gasteiger partial charge < -0.3 is 24.2 Å². The number of thiophene rings is 1. The quantitative estimate of drug-likeness (QED) is 0.216. The molecule has 4 aromatic rings. The lowest BCUT2D eigenvalue weighted by Gasteiger charge is -2.32. The summed E-state index contributed by atoms with van der Waals surface area (Å²) in [5.41, 5.74) is 3.42. The second-order valence-electron chi connectivity index (χ2n) is 10.6. The van der Waals surface area contributed by atoms with Crippen LogP contribution in [0.5, 0.6) is 17.4 Å². The minimum absolute atomic E-state index is 0.107. The highest BCUT2D eigenvalue weighted by molar-refractivity contribution is 7.19. The predicted molar refractivity (Wildman–Crippen MR) is 170 cm³/mol. The summed E-state index contributed by atoms with van der Waals surface area (Å²) in [4.78, 5) is 27.8. The van der Waals surface area contributed by atoms with Gasteiger partial charge in [0.05, 0.1) is 17.5 Å². The average molecular weight is 625 g/mol. The highest BCUT2D eigenvalue weighted by atomic mass is 35.5. The van der Waals surface area contributed by atoms with Gasteiger partial charge >= 0.3 is 5.97 Å². The van der Waals surface area contributed by atoms with E-state index in [1.165, 1.54) is 6.33 Å². The van der Waals surface area contributed by atoms with Gasteiger partial charge in [-0.2, -0.15) is 0 Å². The monoisotopic (exact) mass is 624 g/mol. The number of aryl methyl sites for hydroxylation is 1. The Morgan fingerprint density at radius 2 is 1.88 bits per heavy atom. The molecule has 9 nitrogen and oxygen atoms in total. The Balaban J connectivity index is 1.44. The molecule has 3 heterocycles. The lowest BCUT2D eigenvalue weighted by molar-refractivity contribution is -0.145. The Labute approximate surface area is 261 Å². The summed E-state index contributed by atoms with van der Waals surface area (Å²) in [6.07, 6.45) is 1.08. The predicted octanol–water partition coefficient (Wildman–Crippen LogP) is 5.59. The summed E-state index contributed by atoms with van der Waals surface area (Å²) >= 11 is 8.44. The van der Waals surface area contributed by atoms with Crippen LogP contribution in [0.4, 0.5) is 0 Å². The summed E-state index contributed by atoms with van der Waals surface area (Å²) in [5, 5.41) is 11.3. The van der Waals surface area contributed by atoms with Crippen LogP contribution < -0.4 is 14.2 Å². The van der Waals surface area contributed by atoms with E-state index in [9.17, 15) is 9.90 Å². The van der Waals surface area contributed by atoms with Gasteiger partial charge in [-0.25, -0.2) is 14.8 Å². The van der Waals surface area contributed by atoms with Crippen molar-refractivity contribution in [3.63, 3.8) is 0 Å². The number of ether oxygens (including phenoxy) is 3. The maximum absolute atomic E-state index is 12.4. The van der Waals surface area contributed by atoms with Crippen LogP contribution in [0.3, 0.4) is 0 Å². The van der Waals surface area contributed by atoms with Crippen LogP contribution in [0, 0.1) is 6.92 Å². The SMILES string of the molecule is CCc1sc2ncnc(O[C@@H](Cc3ccccc3OC)C(=O)O)c2c1-c1ccc(OCCN2CCN(C)CC2)c(Cl)c1C. The van der Waals surface area contributed by atoms with Crippen molar-refractivity contribution in [2.45, 2.75) is 32.8 Å². The Hall–Kier alpha value is -3.44. The summed E-state index contributed by atoms with van der Waals surface area (Å²) in [6, 6.07) is 11.2. The van der Waals surface area contributed by atoms with Gasteiger partial charge in [-0.3, -0.25) is 4.90 Å². The molecular weight excluding hydrogens is 588 g/mol. The molecule has 0 saturated carbocycles. The fourth-order valence-electron chi connectivity index (χ4n) is 5.36. The Kier molecular flexibility index (Phi) is 10.0. The zero-order chi connectivity index (χ0) is 30.5. The molecule has 0 unspecified atom stereocenters. The number of halogens is 1. The van der Waals surface area contributed by atoms with E-state index in [2.05, 4.69) is 33.7 Å². The number of aromatic nitrogens is 2. The van der Waals surface area contributed by atoms with Crippen molar-refractivity contribution in [3.05, 3.63) is 63.8 Å². The number of para-hydroxylation sites is 1. The summed E-state index contributed by atoms with van der Waals surface area (Å²) in [7, 11) is 3.71. The molecule has 1 aliphatic rings. The first kappa shape index (κ1) is 31.0. The lowest BCUT2D eigenvalue weighted by atomic mass is 9.97. The highest BCUT2D eigenvalue weighted by Gasteiger charge is 2.27. The number of hydrogen-bond acceptors (Lipinski definition) is 9. The highest BCUT2D eigenvalue weighted by Crippen LogP contribution is 2.45. The zero-order valence-electron chi connectivity index (χ0n) is 24.9. The number of hydrogen-bond donors (Lipinski definition) is 1. The number of aliphatic carboxylic acids is 1. The van der Waals surface area contributed by atoms with E-state index in [-0.39, 0.29) is 12.3 Å². The van der Waals surface area contributed by atoms with Gasteiger partial charge in [0.1, 0.15) is 29.3 Å². The number of piperazine rings is 1. The van der Waals surface area contributed by atoms with Gasteiger partial charge in [0.2, 0.25) is 12.0 Å². The van der Waals surface area contributed by atoms with Gasteiger partial charge in [0.25, 0.3) is 0 Å². The fourth-order valence-corrected chi connectivity index (χ4v) is 6.66. The molecule has 1 saturated heterocycles. The molecule has 0 amide bonds. The number of carboxylic acid groups (broad SMARTS) is 1. The largest absolute Gasteiger partial charge is 0.496 e. The molecule has 1 N–H and O–H groups in total. The van der Waals surface area contributed by atoms with Crippen LogP contribution in [0.1, 0.15) is 22.9 Å². The van der Waals surface area contributed by atoms with Crippen molar-refractivity contribution in [1.82, 2.24) is 19.8 Å². The van der Waals surface area contributed by atoms with E-state index in [0.29, 0.717) is 28.5 Å². The number of likely N-dealkylation sites (N-methyl/N-ethyl adjacent to an activating group) is 1. The van der Waals surface area contributed by atoms with E-state index in [1.807, 2.05) is 37.3 Å². The molecule has 0 radical (unpaired) electrons. The molecule has 2 aromatic heterocycles. The standard InChI is InChI=1S/C32H37ClN4O5S/c1-5-26-27(22-10-11-24(29(33)20(22)2)41-17-16-37-14-12-36(3)13-15-37)28-30(34-19-35-31(28)43-26)42-25(32(38)39)18-21-8-6-7-9-23(21)40-4/h6-11,19,25H,5,12-18H2,1-4H3,(H,38,39)/t25-/m0/s1. The second kappa shape index (κ2) is 13.9. The molecule has 1 aliphatic heterocycles. The van der Waals surface area contributed by atoms with E-state index in [4.69, 9.17) is 25.8 Å². The summed E-state index contributed by atoms with van der Waals surface area (Å²) in [5.74, 6) is 0.375. The van der Waals surface area contributed by atoms with Gasteiger partial charge in [-0.1, -0.05) is 42.8 Å². The van der Waals surface area contributed by atoms with Crippen molar-refractivity contribution in [3.8, 4) is 28.5 Å². The Morgan fingerprint density at radius 1 is 1.12 bits per heavy atom. The second-order valence-corrected chi connectivity index (χ2v) is 12.1. The molecule has 0 spiro atoms. The van der Waals surface area contributed by atoms with Crippen LogP contribution >= 0.6 is 22.9 Å². The van der Waals surface area contributed by atoms with Gasteiger partial charge in [-0.05, 0) is 49.2 Å². The van der Waals surface area contributed by atoms with Crippen LogP contribution in [0.25, 0.3) is 21.3 Å². The first-order chi connectivity index (χ1) is 20.8. The van der Waals surface area contributed by atoms with Crippen LogP contribution in [0.15, 0.2) is 42.7 Å². The van der Waals surface area contributed by atoms with Crippen LogP contribution in [0.2, 0.25) is 5.02 Å². The molecule has 0 bridgehead atoms. The topological polar surface area (TPSA) is 97.2 Å². The molecular formula is C32H37ClN4O5S. The number of rotatable bonds is 12.